The second-order valence-corrected chi connectivity index (χ2v) is 17.2. The second-order valence-electron chi connectivity index (χ2n) is 16.2. The lowest BCUT2D eigenvalue weighted by Gasteiger charge is -2.42. The molecule has 2 aliphatic carbocycles. The molecule has 3 N–H and O–H groups in total. The number of rotatable bonds is 10. The number of aromatic nitrogens is 4. The standard InChI is InChI=1S/C40H34F8N8O3S/c41-19-5-17(6-20(42)9-19)7-29(50-31(57)14-56-35-32(34(53-56)40(46,47)48)24-2-3-27(24)39(35,44)45)33-25(18-1-4-28(43)26(8-18)36(49)58)11-30-37(51-33)52-38(60-30)55-13-21-10-22(55)12-54(21)23-15-59-16-23/h1,4-6,8-9,11,21-24,27,29H,2-3,7,10,12-16H2,(H2,49,58)(H,50,57)/t21-,22-,24-,27+,29-/m0/s1. The van der Waals surface area contributed by atoms with Crippen LogP contribution in [0.2, 0.25) is 0 Å². The first-order valence-electron chi connectivity index (χ1n) is 19.3. The third-order valence-corrected chi connectivity index (χ3v) is 13.6. The van der Waals surface area contributed by atoms with Gasteiger partial charge in [-0.2, -0.15) is 32.0 Å². The molecule has 3 aliphatic heterocycles. The molecule has 3 aromatic heterocycles. The van der Waals surface area contributed by atoms with Gasteiger partial charge in [0.1, 0.15) is 29.7 Å². The van der Waals surface area contributed by atoms with Gasteiger partial charge >= 0.3 is 6.18 Å². The third-order valence-electron chi connectivity index (χ3n) is 12.6. The second kappa shape index (κ2) is 13.9. The Morgan fingerprint density at radius 2 is 1.75 bits per heavy atom. The Kier molecular flexibility index (Phi) is 9.04. The fourth-order valence-electron chi connectivity index (χ4n) is 9.68. The fourth-order valence-corrected chi connectivity index (χ4v) is 10.7. The zero-order valence-corrected chi connectivity index (χ0v) is 32.1. The maximum Gasteiger partial charge on any atom is 0.435 e. The van der Waals surface area contributed by atoms with Crippen molar-refractivity contribution in [3.8, 4) is 11.1 Å². The van der Waals surface area contributed by atoms with Crippen LogP contribution in [0.4, 0.5) is 40.3 Å². The first-order valence-corrected chi connectivity index (χ1v) is 20.2. The number of likely N-dealkylation sites (tertiary alicyclic amines) is 1. The molecule has 4 fully saturated rings. The molecule has 5 aliphatic rings. The highest BCUT2D eigenvalue weighted by molar-refractivity contribution is 7.22. The van der Waals surface area contributed by atoms with Gasteiger partial charge in [-0.25, -0.2) is 18.2 Å². The summed E-state index contributed by atoms with van der Waals surface area (Å²) in [5, 5.41) is 6.81. The number of alkyl halides is 5. The summed E-state index contributed by atoms with van der Waals surface area (Å²) in [6.45, 7) is 1.83. The van der Waals surface area contributed by atoms with Crippen LogP contribution >= 0.6 is 11.3 Å². The van der Waals surface area contributed by atoms with Crippen LogP contribution in [0.3, 0.4) is 0 Å². The maximum atomic E-state index is 15.7. The Balaban J connectivity index is 1.06. The number of piperazine rings is 1. The van der Waals surface area contributed by atoms with Crippen molar-refractivity contribution in [2.75, 3.05) is 31.2 Å². The van der Waals surface area contributed by atoms with E-state index in [1.54, 1.807) is 6.07 Å². The van der Waals surface area contributed by atoms with E-state index < -0.39 is 88.3 Å². The van der Waals surface area contributed by atoms with Gasteiger partial charge < -0.3 is 20.7 Å². The number of anilines is 1. The molecule has 5 atom stereocenters. The van der Waals surface area contributed by atoms with Gasteiger partial charge in [0.15, 0.2) is 16.5 Å². The largest absolute Gasteiger partial charge is 0.435 e. The molecule has 1 saturated carbocycles. The summed E-state index contributed by atoms with van der Waals surface area (Å²) < 4.78 is 124. The van der Waals surface area contributed by atoms with Crippen molar-refractivity contribution in [3.63, 3.8) is 0 Å². The summed E-state index contributed by atoms with van der Waals surface area (Å²) in [6.07, 6.45) is -4.39. The molecule has 314 valence electrons. The van der Waals surface area contributed by atoms with Gasteiger partial charge in [0, 0.05) is 48.3 Å². The van der Waals surface area contributed by atoms with Crippen molar-refractivity contribution in [1.82, 2.24) is 30.0 Å². The van der Waals surface area contributed by atoms with Crippen molar-refractivity contribution in [2.45, 2.75) is 74.4 Å². The van der Waals surface area contributed by atoms with E-state index in [-0.39, 0.29) is 53.3 Å². The molecule has 5 aromatic rings. The number of halogens is 8. The average molecular weight is 859 g/mol. The van der Waals surface area contributed by atoms with Gasteiger partial charge in [-0.15, -0.1) is 0 Å². The predicted octanol–water partition coefficient (Wildman–Crippen LogP) is 6.45. The smallest absolute Gasteiger partial charge is 0.378 e. The predicted molar refractivity (Wildman–Crippen MR) is 200 cm³/mol. The molecule has 0 radical (unpaired) electrons. The lowest BCUT2D eigenvalue weighted by atomic mass is 9.73. The van der Waals surface area contributed by atoms with Crippen LogP contribution in [0.15, 0.2) is 42.5 Å². The Hall–Kier alpha value is -5.21. The van der Waals surface area contributed by atoms with Gasteiger partial charge in [0.05, 0.1) is 41.3 Å². The van der Waals surface area contributed by atoms with Gasteiger partial charge in [-0.1, -0.05) is 17.4 Å². The zero-order valence-electron chi connectivity index (χ0n) is 31.3. The van der Waals surface area contributed by atoms with Gasteiger partial charge in [-0.3, -0.25) is 19.2 Å². The highest BCUT2D eigenvalue weighted by atomic mass is 32.1. The summed E-state index contributed by atoms with van der Waals surface area (Å²) in [6, 6.07) is 7.37. The number of hydrogen-bond acceptors (Lipinski definition) is 9. The number of benzene rings is 2. The number of hydrogen-bond donors (Lipinski definition) is 2. The van der Waals surface area contributed by atoms with E-state index in [0.717, 1.165) is 31.2 Å². The molecule has 2 amide bonds. The number of thiazole rings is 1. The summed E-state index contributed by atoms with van der Waals surface area (Å²) in [5.41, 5.74) is 2.66. The lowest BCUT2D eigenvalue weighted by Crippen LogP contribution is -2.56. The number of amides is 2. The number of pyridine rings is 1. The summed E-state index contributed by atoms with van der Waals surface area (Å²) in [4.78, 5) is 40.6. The van der Waals surface area contributed by atoms with Gasteiger partial charge in [-0.05, 0) is 73.1 Å². The Morgan fingerprint density at radius 3 is 2.38 bits per heavy atom. The summed E-state index contributed by atoms with van der Waals surface area (Å²) >= 11 is 1.33. The molecule has 2 bridgehead atoms. The summed E-state index contributed by atoms with van der Waals surface area (Å²) in [5.74, 6) is -11.0. The number of nitrogens with zero attached hydrogens (tertiary/aromatic N) is 6. The van der Waals surface area contributed by atoms with Crippen molar-refractivity contribution < 1.29 is 49.4 Å². The molecule has 60 heavy (non-hydrogen) atoms. The normalized spacial score (nSPS) is 23.7. The average Bonchev–Trinajstić information content (AvgIpc) is 3.93. The number of ether oxygens (including phenoxy) is 1. The van der Waals surface area contributed by atoms with Crippen molar-refractivity contribution in [3.05, 3.63) is 93.7 Å². The lowest BCUT2D eigenvalue weighted by molar-refractivity contribution is -0.144. The Labute approximate surface area is 339 Å². The quantitative estimate of drug-likeness (QED) is 0.153. The van der Waals surface area contributed by atoms with E-state index in [4.69, 9.17) is 20.4 Å². The minimum Gasteiger partial charge on any atom is -0.378 e. The first-order chi connectivity index (χ1) is 28.5. The molecular formula is C40H34F8N8O3S. The maximum absolute atomic E-state index is 15.7. The number of nitrogens with one attached hydrogen (secondary N) is 1. The number of fused-ring (bicyclic) bond motifs is 6. The van der Waals surface area contributed by atoms with Crippen LogP contribution in [0, 0.1) is 23.4 Å². The number of primary amides is 1. The third kappa shape index (κ3) is 6.40. The van der Waals surface area contributed by atoms with Crippen LogP contribution in [0.1, 0.15) is 69.8 Å². The van der Waals surface area contributed by atoms with Gasteiger partial charge in [0.2, 0.25) is 5.91 Å². The van der Waals surface area contributed by atoms with Crippen molar-refractivity contribution in [2.24, 2.45) is 11.7 Å². The Morgan fingerprint density at radius 1 is 0.983 bits per heavy atom. The van der Waals surface area contributed by atoms with E-state index in [1.165, 1.54) is 23.5 Å². The highest BCUT2D eigenvalue weighted by Gasteiger charge is 2.63. The number of carbonyl (C=O) groups is 2. The SMILES string of the molecule is NC(=O)c1cc(-c2cc3sc(N4C[C@@H]5C[C@H]4CN5C4COC4)nc3nc2[C@H](Cc2cc(F)cc(F)c2)NC(=O)Cn2nc(C(F)(F)F)c3c2C(F)(F)[C@@H]2CC[C@H]32)ccc1F. The minimum atomic E-state index is -5.07. The number of nitrogens with two attached hydrogens (primary N) is 1. The van der Waals surface area contributed by atoms with Crippen LogP contribution in [0.25, 0.3) is 21.5 Å². The van der Waals surface area contributed by atoms with Crippen molar-refractivity contribution >= 4 is 38.6 Å². The Bertz CT molecular complexity index is 2570. The summed E-state index contributed by atoms with van der Waals surface area (Å²) in [7, 11) is 0. The van der Waals surface area contributed by atoms with Gasteiger partial charge in [0.25, 0.3) is 11.8 Å². The molecule has 11 nitrogen and oxygen atoms in total. The topological polar surface area (TPSA) is 132 Å². The minimum absolute atomic E-state index is 0.00551. The van der Waals surface area contributed by atoms with E-state index in [2.05, 4.69) is 20.2 Å². The van der Waals surface area contributed by atoms with Crippen molar-refractivity contribution in [1.29, 1.82) is 0 Å². The first kappa shape index (κ1) is 39.0. The van der Waals surface area contributed by atoms with Crippen LogP contribution in [0.5, 0.6) is 0 Å². The van der Waals surface area contributed by atoms with E-state index in [1.807, 2.05) is 0 Å². The molecule has 20 heteroatoms. The van der Waals surface area contributed by atoms with Crippen LogP contribution in [-0.4, -0.2) is 80.9 Å². The number of carbonyl (C=O) groups excluding carboxylic acids is 2. The highest BCUT2D eigenvalue weighted by Crippen LogP contribution is 2.64. The zero-order chi connectivity index (χ0) is 42.0. The molecular weight excluding hydrogens is 825 g/mol. The molecule has 6 heterocycles. The molecule has 2 aromatic carbocycles. The molecule has 0 unspecified atom stereocenters. The van der Waals surface area contributed by atoms with E-state index in [9.17, 15) is 35.9 Å². The molecule has 0 spiro atoms. The van der Waals surface area contributed by atoms with E-state index in [0.29, 0.717) is 52.4 Å². The fraction of sp³-hybridized carbons (Fsp3) is 0.425. The van der Waals surface area contributed by atoms with Crippen LogP contribution < -0.4 is 16.0 Å². The molecule has 10 rings (SSSR count). The van der Waals surface area contributed by atoms with Crippen LogP contribution in [-0.2, 0) is 34.6 Å². The van der Waals surface area contributed by atoms with E-state index >= 15 is 8.78 Å². The monoisotopic (exact) mass is 858 g/mol. The molecule has 3 saturated heterocycles.